The minimum absolute atomic E-state index is 0.0706. The molecule has 0 heterocycles. The van der Waals surface area contributed by atoms with Crippen LogP contribution in [0.5, 0.6) is 0 Å². The number of allylic oxidation sites excluding steroid dienone is 1. The lowest BCUT2D eigenvalue weighted by molar-refractivity contribution is -0.146. The molecule has 2 N–H and O–H groups in total. The second kappa shape index (κ2) is 5.85. The first-order chi connectivity index (χ1) is 10.4. The highest BCUT2D eigenvalue weighted by molar-refractivity contribution is 6.51. The van der Waals surface area contributed by atoms with E-state index < -0.39 is 11.0 Å². The molecule has 0 radical (unpaired) electrons. The van der Waals surface area contributed by atoms with E-state index in [2.05, 4.69) is 10.5 Å². The summed E-state index contributed by atoms with van der Waals surface area (Å²) in [5.74, 6) is 0.618. The van der Waals surface area contributed by atoms with Crippen molar-refractivity contribution in [3.63, 3.8) is 0 Å². The fraction of sp³-hybridized carbons (Fsp3) is 0.667. The van der Waals surface area contributed by atoms with E-state index in [0.717, 1.165) is 25.5 Å². The van der Waals surface area contributed by atoms with Crippen molar-refractivity contribution in [2.45, 2.75) is 38.5 Å². The Morgan fingerprint density at radius 1 is 1.09 bits per heavy atom. The number of nitrogens with zero attached hydrogens (tertiary/aromatic N) is 1. The quantitative estimate of drug-likeness (QED) is 0.467. The molecule has 4 fully saturated rings. The van der Waals surface area contributed by atoms with Crippen molar-refractivity contribution in [2.75, 3.05) is 0 Å². The third-order valence-corrected chi connectivity index (χ3v) is 6.01. The lowest BCUT2D eigenvalue weighted by Crippen LogP contribution is -2.52. The summed E-state index contributed by atoms with van der Waals surface area (Å²) in [6.07, 6.45) is 7.69. The summed E-state index contributed by atoms with van der Waals surface area (Å²) in [5.41, 5.74) is 2.23. The average molecular weight is 345 g/mol. The largest absolute Gasteiger partial charge is 0.477 e. The second-order valence-corrected chi connectivity index (χ2v) is 7.65. The third-order valence-electron chi connectivity index (χ3n) is 5.26. The van der Waals surface area contributed by atoms with Crippen LogP contribution >= 0.6 is 23.2 Å². The number of carbonyl (C=O) groups is 2. The van der Waals surface area contributed by atoms with Crippen LogP contribution in [-0.2, 0) is 9.59 Å². The van der Waals surface area contributed by atoms with Gasteiger partial charge in [-0.05, 0) is 56.3 Å². The van der Waals surface area contributed by atoms with Gasteiger partial charge in [-0.15, -0.1) is 0 Å². The topological polar surface area (TPSA) is 78.8 Å². The van der Waals surface area contributed by atoms with Crippen LogP contribution in [0.4, 0.5) is 0 Å². The summed E-state index contributed by atoms with van der Waals surface area (Å²) >= 11 is 11.2. The summed E-state index contributed by atoms with van der Waals surface area (Å²) < 4.78 is 0. The number of rotatable bonds is 4. The van der Waals surface area contributed by atoms with Gasteiger partial charge in [0, 0.05) is 0 Å². The molecule has 7 heteroatoms. The molecule has 5 nitrogen and oxygen atoms in total. The molecule has 0 aromatic carbocycles. The number of carboxylic acid groups (broad SMARTS) is 1. The number of hydrogen-bond donors (Lipinski definition) is 2. The van der Waals surface area contributed by atoms with Crippen LogP contribution in [0.1, 0.15) is 38.5 Å². The lowest BCUT2D eigenvalue weighted by Gasteiger charge is -2.55. The molecule has 0 spiro atoms. The molecule has 120 valence electrons. The molecule has 0 aromatic heterocycles. The molecular formula is C15H18Cl2N2O3. The zero-order chi connectivity index (χ0) is 15.9. The first-order valence-electron chi connectivity index (χ1n) is 7.52. The van der Waals surface area contributed by atoms with Crippen molar-refractivity contribution in [3.05, 3.63) is 10.1 Å². The van der Waals surface area contributed by atoms with Gasteiger partial charge < -0.3 is 5.11 Å². The fourth-order valence-electron chi connectivity index (χ4n) is 4.81. The van der Waals surface area contributed by atoms with Crippen LogP contribution in [-0.4, -0.2) is 23.2 Å². The number of aliphatic carboxylic acids is 1. The van der Waals surface area contributed by atoms with E-state index in [1.165, 1.54) is 19.3 Å². The highest BCUT2D eigenvalue weighted by Crippen LogP contribution is 2.60. The normalized spacial score (nSPS) is 37.3. The van der Waals surface area contributed by atoms with Gasteiger partial charge in [-0.1, -0.05) is 23.2 Å². The molecular weight excluding hydrogens is 327 g/mol. The molecule has 4 aliphatic carbocycles. The van der Waals surface area contributed by atoms with Crippen molar-refractivity contribution >= 4 is 41.3 Å². The predicted octanol–water partition coefficient (Wildman–Crippen LogP) is 3.08. The second-order valence-electron chi connectivity index (χ2n) is 6.86. The van der Waals surface area contributed by atoms with Crippen LogP contribution in [0, 0.1) is 23.2 Å². The van der Waals surface area contributed by atoms with Crippen molar-refractivity contribution in [1.29, 1.82) is 0 Å². The van der Waals surface area contributed by atoms with Gasteiger partial charge in [-0.3, -0.25) is 4.79 Å². The molecule has 4 aliphatic rings. The third kappa shape index (κ3) is 2.88. The number of carboxylic acids is 1. The SMILES string of the molecule is O=C(O)/C(Cl)=C(/Cl)C=NNC(=O)C12CC3CC(CC(C3)C1)C2. The van der Waals surface area contributed by atoms with Crippen LogP contribution in [0.25, 0.3) is 0 Å². The van der Waals surface area contributed by atoms with Crippen molar-refractivity contribution < 1.29 is 14.7 Å². The summed E-state index contributed by atoms with van der Waals surface area (Å²) in [4.78, 5) is 23.2. The van der Waals surface area contributed by atoms with Gasteiger partial charge in [0.15, 0.2) is 0 Å². The molecule has 22 heavy (non-hydrogen) atoms. The lowest BCUT2D eigenvalue weighted by atomic mass is 9.49. The van der Waals surface area contributed by atoms with E-state index in [9.17, 15) is 9.59 Å². The number of amides is 1. The minimum atomic E-state index is -1.33. The van der Waals surface area contributed by atoms with Gasteiger partial charge in [0.25, 0.3) is 0 Å². The molecule has 4 rings (SSSR count). The van der Waals surface area contributed by atoms with Gasteiger partial charge in [0.05, 0.1) is 16.7 Å². The zero-order valence-electron chi connectivity index (χ0n) is 12.0. The van der Waals surface area contributed by atoms with E-state index in [4.69, 9.17) is 28.3 Å². The maximum Gasteiger partial charge on any atom is 0.348 e. The van der Waals surface area contributed by atoms with Crippen molar-refractivity contribution in [2.24, 2.45) is 28.3 Å². The van der Waals surface area contributed by atoms with Crippen molar-refractivity contribution in [3.8, 4) is 0 Å². The molecule has 0 aliphatic heterocycles. The molecule has 0 atom stereocenters. The Labute approximate surface area is 138 Å². The Morgan fingerprint density at radius 2 is 1.59 bits per heavy atom. The summed E-state index contributed by atoms with van der Waals surface area (Å²) in [6.45, 7) is 0. The molecule has 0 aromatic rings. The van der Waals surface area contributed by atoms with E-state index in [0.29, 0.717) is 17.8 Å². The maximum atomic E-state index is 12.5. The Morgan fingerprint density at radius 3 is 2.05 bits per heavy atom. The smallest absolute Gasteiger partial charge is 0.348 e. The van der Waals surface area contributed by atoms with Crippen LogP contribution in [0.3, 0.4) is 0 Å². The first-order valence-corrected chi connectivity index (χ1v) is 8.27. The first kappa shape index (κ1) is 15.8. The average Bonchev–Trinajstić information content (AvgIpc) is 2.44. The van der Waals surface area contributed by atoms with E-state index in [1.807, 2.05) is 0 Å². The Balaban J connectivity index is 1.65. The highest BCUT2D eigenvalue weighted by atomic mass is 35.5. The van der Waals surface area contributed by atoms with Gasteiger partial charge in [0.1, 0.15) is 5.03 Å². The number of carbonyl (C=O) groups excluding carboxylic acids is 1. The van der Waals surface area contributed by atoms with Gasteiger partial charge in [-0.25, -0.2) is 10.2 Å². The summed E-state index contributed by atoms with van der Waals surface area (Å²) in [5, 5.41) is 11.7. The number of hydrogen-bond acceptors (Lipinski definition) is 3. The number of hydrazone groups is 1. The Hall–Kier alpha value is -1.07. The number of halogens is 2. The van der Waals surface area contributed by atoms with Gasteiger partial charge in [-0.2, -0.15) is 5.10 Å². The molecule has 4 bridgehead atoms. The van der Waals surface area contributed by atoms with Crippen LogP contribution < -0.4 is 5.43 Å². The Bertz CT molecular complexity index is 536. The monoisotopic (exact) mass is 344 g/mol. The molecule has 4 saturated carbocycles. The standard InChI is InChI=1S/C15H18Cl2N2O3/c16-11(12(17)13(20)21)7-18-19-14(22)15-4-8-1-9(5-15)3-10(2-8)6-15/h7-10H,1-6H2,(H,19,22)(H,20,21)/b12-11-,18-7?. The Kier molecular flexibility index (Phi) is 4.21. The predicted molar refractivity (Wildman–Crippen MR) is 83.6 cm³/mol. The molecule has 1 amide bonds. The summed E-state index contributed by atoms with van der Waals surface area (Å²) in [6, 6.07) is 0. The van der Waals surface area contributed by atoms with Gasteiger partial charge >= 0.3 is 5.97 Å². The summed E-state index contributed by atoms with van der Waals surface area (Å²) in [7, 11) is 0. The fourth-order valence-corrected chi connectivity index (χ4v) is 4.99. The van der Waals surface area contributed by atoms with Gasteiger partial charge in [0.2, 0.25) is 5.91 Å². The minimum Gasteiger partial charge on any atom is -0.477 e. The zero-order valence-corrected chi connectivity index (χ0v) is 13.5. The van der Waals surface area contributed by atoms with E-state index in [-0.39, 0.29) is 16.4 Å². The number of nitrogens with one attached hydrogen (secondary N) is 1. The highest BCUT2D eigenvalue weighted by Gasteiger charge is 2.54. The maximum absolute atomic E-state index is 12.5. The molecule has 0 saturated heterocycles. The van der Waals surface area contributed by atoms with E-state index >= 15 is 0 Å². The molecule has 0 unspecified atom stereocenters. The van der Waals surface area contributed by atoms with Crippen LogP contribution in [0.2, 0.25) is 0 Å². The van der Waals surface area contributed by atoms with E-state index in [1.54, 1.807) is 0 Å². The van der Waals surface area contributed by atoms with Crippen molar-refractivity contribution in [1.82, 2.24) is 5.43 Å². The van der Waals surface area contributed by atoms with Crippen LogP contribution in [0.15, 0.2) is 15.2 Å².